The van der Waals surface area contributed by atoms with Crippen molar-refractivity contribution in [2.75, 3.05) is 13.7 Å². The average Bonchev–Trinajstić information content (AvgIpc) is 2.91. The minimum absolute atomic E-state index is 0.0634. The summed E-state index contributed by atoms with van der Waals surface area (Å²) in [6.45, 7) is 0.285. The van der Waals surface area contributed by atoms with Crippen LogP contribution in [0, 0.1) is 5.92 Å². The molecule has 3 rings (SSSR count). The maximum Gasteiger partial charge on any atom is 0.422 e. The van der Waals surface area contributed by atoms with E-state index in [1.165, 1.54) is 18.2 Å². The van der Waals surface area contributed by atoms with Crippen LogP contribution in [0.4, 0.5) is 13.2 Å². The zero-order valence-electron chi connectivity index (χ0n) is 14.9. The van der Waals surface area contributed by atoms with E-state index < -0.39 is 23.6 Å². The fourth-order valence-corrected chi connectivity index (χ4v) is 3.77. The molecule has 1 aromatic carbocycles. The normalized spacial score (nSPS) is 25.8. The molecule has 2 aliphatic carbocycles. The number of fused-ring (bicyclic) bond motifs is 3. The largest absolute Gasteiger partial charge is 0.494 e. The highest BCUT2D eigenvalue weighted by Crippen LogP contribution is 2.58. The molecule has 2 N–H and O–H groups in total. The molecule has 0 saturated carbocycles. The Bertz CT molecular complexity index is 772. The Balaban J connectivity index is 1.77. The molecule has 1 aromatic rings. The van der Waals surface area contributed by atoms with Gasteiger partial charge in [-0.15, -0.1) is 0 Å². The molecule has 3 unspecified atom stereocenters. The van der Waals surface area contributed by atoms with E-state index in [0.29, 0.717) is 24.8 Å². The Morgan fingerprint density at radius 1 is 1.26 bits per heavy atom. The second kappa shape index (κ2) is 7.38. The van der Waals surface area contributed by atoms with E-state index in [1.807, 2.05) is 0 Å². The fourth-order valence-electron chi connectivity index (χ4n) is 3.77. The van der Waals surface area contributed by atoms with Crippen molar-refractivity contribution in [2.45, 2.75) is 37.0 Å². The van der Waals surface area contributed by atoms with Crippen LogP contribution in [0.1, 0.15) is 36.3 Å². The number of carbonyl (C=O) groups excluding carboxylic acids is 1. The van der Waals surface area contributed by atoms with Gasteiger partial charge in [-0.2, -0.15) is 13.2 Å². The third kappa shape index (κ3) is 3.48. The highest BCUT2D eigenvalue weighted by atomic mass is 19.4. The molecule has 0 heterocycles. The summed E-state index contributed by atoms with van der Waals surface area (Å²) in [6.07, 6.45) is 3.13. The first-order valence-electron chi connectivity index (χ1n) is 8.91. The predicted octanol–water partition coefficient (Wildman–Crippen LogP) is 3.57. The van der Waals surface area contributed by atoms with Crippen molar-refractivity contribution < 1.29 is 27.8 Å². The third-order valence-corrected chi connectivity index (χ3v) is 5.19. The molecule has 146 valence electrons. The first-order chi connectivity index (χ1) is 12.8. The number of aliphatic hydroxyl groups is 1. The number of nitrogens with one attached hydrogen (secondary N) is 1. The zero-order valence-corrected chi connectivity index (χ0v) is 14.9. The molecule has 4 nitrogen and oxygen atoms in total. The van der Waals surface area contributed by atoms with Crippen LogP contribution in [0.3, 0.4) is 0 Å². The summed E-state index contributed by atoms with van der Waals surface area (Å²) in [7, 11) is 1.56. The number of unbranched alkanes of at least 4 members (excludes halogenated alkanes) is 1. The maximum atomic E-state index is 13.8. The van der Waals surface area contributed by atoms with E-state index in [1.54, 1.807) is 31.3 Å². The van der Waals surface area contributed by atoms with Crippen molar-refractivity contribution in [1.29, 1.82) is 0 Å². The van der Waals surface area contributed by atoms with Crippen molar-refractivity contribution in [3.63, 3.8) is 0 Å². The van der Waals surface area contributed by atoms with Gasteiger partial charge in [0.15, 0.2) is 5.60 Å². The Morgan fingerprint density at radius 2 is 2.00 bits per heavy atom. The number of alkyl halides is 3. The number of halogens is 3. The smallest absolute Gasteiger partial charge is 0.422 e. The number of hydrogen-bond acceptors (Lipinski definition) is 3. The third-order valence-electron chi connectivity index (χ3n) is 5.19. The summed E-state index contributed by atoms with van der Waals surface area (Å²) in [6, 6.07) is 4.52. The second-order valence-corrected chi connectivity index (χ2v) is 6.81. The summed E-state index contributed by atoms with van der Waals surface area (Å²) < 4.78 is 47.0. The summed E-state index contributed by atoms with van der Waals surface area (Å²) in [5, 5.41) is 13.2. The van der Waals surface area contributed by atoms with Gasteiger partial charge in [0.05, 0.1) is 6.61 Å². The lowest BCUT2D eigenvalue weighted by Crippen LogP contribution is -2.46. The molecule has 1 amide bonds. The Morgan fingerprint density at radius 3 is 2.70 bits per heavy atom. The topological polar surface area (TPSA) is 58.6 Å². The lowest BCUT2D eigenvalue weighted by Gasteiger charge is -2.33. The number of ether oxygens (including phenoxy) is 1. The molecule has 0 radical (unpaired) electrons. The average molecular weight is 381 g/mol. The standard InChI is InChI=1S/C20H22F3NO3/c1-24-18(25)8-4-5-11-27-13-9-10-15-14-6-2-3-7-16(14)19(26,17(15)12-13)20(21,22)23/h2-3,6-7,9-10,12,14,16,26H,4-5,8,11H2,1H3,(H,24,25). The highest BCUT2D eigenvalue weighted by molar-refractivity contribution is 5.75. The Hall–Kier alpha value is -2.28. The van der Waals surface area contributed by atoms with E-state index >= 15 is 0 Å². The van der Waals surface area contributed by atoms with Crippen molar-refractivity contribution in [3.05, 3.63) is 53.6 Å². The highest BCUT2D eigenvalue weighted by Gasteiger charge is 2.65. The lowest BCUT2D eigenvalue weighted by atomic mass is 9.80. The molecule has 0 aliphatic heterocycles. The molecule has 0 aromatic heterocycles. The van der Waals surface area contributed by atoms with Crippen LogP contribution in [-0.4, -0.2) is 30.8 Å². The predicted molar refractivity (Wildman–Crippen MR) is 94.3 cm³/mol. The fraction of sp³-hybridized carbons (Fsp3) is 0.450. The molecule has 7 heteroatoms. The number of rotatable bonds is 6. The van der Waals surface area contributed by atoms with Crippen molar-refractivity contribution in [3.8, 4) is 5.75 Å². The number of benzene rings is 1. The minimum atomic E-state index is -4.80. The van der Waals surface area contributed by atoms with E-state index in [9.17, 15) is 23.1 Å². The zero-order chi connectivity index (χ0) is 19.7. The SMILES string of the molecule is CNC(=O)CCCCOc1ccc2c(c1)C(O)(C(F)(F)F)C1C=CC=CC21. The second-order valence-electron chi connectivity index (χ2n) is 6.81. The molecule has 0 spiro atoms. The molecular weight excluding hydrogens is 359 g/mol. The maximum absolute atomic E-state index is 13.8. The van der Waals surface area contributed by atoms with E-state index in [2.05, 4.69) is 5.32 Å². The number of hydrogen-bond donors (Lipinski definition) is 2. The quantitative estimate of drug-likeness (QED) is 0.741. The van der Waals surface area contributed by atoms with Crippen molar-refractivity contribution in [1.82, 2.24) is 5.32 Å². The van der Waals surface area contributed by atoms with Crippen molar-refractivity contribution in [2.24, 2.45) is 5.92 Å². The van der Waals surface area contributed by atoms with Crippen LogP contribution >= 0.6 is 0 Å². The summed E-state index contributed by atoms with van der Waals surface area (Å²) >= 11 is 0. The van der Waals surface area contributed by atoms with Gasteiger partial charge >= 0.3 is 6.18 Å². The van der Waals surface area contributed by atoms with E-state index in [4.69, 9.17) is 4.74 Å². The molecule has 3 atom stereocenters. The van der Waals surface area contributed by atoms with Crippen LogP contribution in [-0.2, 0) is 10.4 Å². The summed E-state index contributed by atoms with van der Waals surface area (Å²) in [5.41, 5.74) is -2.62. The Labute approximate surface area is 155 Å². The Kier molecular flexibility index (Phi) is 5.33. The summed E-state index contributed by atoms with van der Waals surface area (Å²) in [4.78, 5) is 11.2. The molecule has 2 aliphatic rings. The molecule has 0 saturated heterocycles. The molecule has 27 heavy (non-hydrogen) atoms. The van der Waals surface area contributed by atoms with Gasteiger partial charge in [0.1, 0.15) is 5.75 Å². The van der Waals surface area contributed by atoms with Gasteiger partial charge < -0.3 is 15.2 Å². The van der Waals surface area contributed by atoms with Gasteiger partial charge in [0, 0.05) is 30.9 Å². The number of allylic oxidation sites excluding steroid dienone is 3. The molecule has 0 bridgehead atoms. The molecular formula is C20H22F3NO3. The van der Waals surface area contributed by atoms with Crippen LogP contribution in [0.5, 0.6) is 5.75 Å². The van der Waals surface area contributed by atoms with E-state index in [0.717, 1.165) is 0 Å². The lowest BCUT2D eigenvalue weighted by molar-refractivity contribution is -0.278. The van der Waals surface area contributed by atoms with Crippen LogP contribution in [0.25, 0.3) is 0 Å². The minimum Gasteiger partial charge on any atom is -0.494 e. The number of carbonyl (C=O) groups is 1. The van der Waals surface area contributed by atoms with Gasteiger partial charge in [0.25, 0.3) is 0 Å². The van der Waals surface area contributed by atoms with Gasteiger partial charge in [-0.25, -0.2) is 0 Å². The first-order valence-corrected chi connectivity index (χ1v) is 8.91. The molecule has 0 fully saturated rings. The van der Waals surface area contributed by atoms with E-state index in [-0.39, 0.29) is 23.8 Å². The van der Waals surface area contributed by atoms with Gasteiger partial charge in [0.2, 0.25) is 5.91 Å². The first kappa shape index (κ1) is 19.5. The number of amides is 1. The van der Waals surface area contributed by atoms with Gasteiger partial charge in [-0.05, 0) is 30.5 Å². The van der Waals surface area contributed by atoms with Crippen molar-refractivity contribution >= 4 is 5.91 Å². The van der Waals surface area contributed by atoms with Crippen LogP contribution < -0.4 is 10.1 Å². The monoisotopic (exact) mass is 381 g/mol. The summed E-state index contributed by atoms with van der Waals surface area (Å²) in [5.74, 6) is -1.38. The van der Waals surface area contributed by atoms with Gasteiger partial charge in [-0.3, -0.25) is 4.79 Å². The van der Waals surface area contributed by atoms with Crippen LogP contribution in [0.15, 0.2) is 42.5 Å². The van der Waals surface area contributed by atoms with Gasteiger partial charge in [-0.1, -0.05) is 30.4 Å². The van der Waals surface area contributed by atoms with Crippen LogP contribution in [0.2, 0.25) is 0 Å².